The summed E-state index contributed by atoms with van der Waals surface area (Å²) in [5, 5.41) is 47.4. The fourth-order valence-corrected chi connectivity index (χ4v) is 6.79. The number of benzene rings is 2. The summed E-state index contributed by atoms with van der Waals surface area (Å²) in [5.41, 5.74) is 18.3. The Bertz CT molecular complexity index is 1940. The quantitative estimate of drug-likeness (QED) is 0.0329. The average Bonchev–Trinajstić information content (AvgIpc) is 3.28. The molecule has 2 aromatic carbocycles. The highest BCUT2D eigenvalue weighted by atomic mass is 32.1. The van der Waals surface area contributed by atoms with Crippen molar-refractivity contribution in [1.29, 1.82) is 0 Å². The molecule has 0 aliphatic heterocycles. The summed E-state index contributed by atoms with van der Waals surface area (Å²) in [6.07, 6.45) is 1.98. The number of carbonyl (C=O) groups is 8. The summed E-state index contributed by atoms with van der Waals surface area (Å²) in [6, 6.07) is 2.01. The van der Waals surface area contributed by atoms with Crippen LogP contribution in [0.1, 0.15) is 83.8 Å². The number of nitrogens with one attached hydrogen (secondary N) is 7. The van der Waals surface area contributed by atoms with Crippen LogP contribution in [0.3, 0.4) is 0 Å². The molecule has 0 heterocycles. The number of thiol groups is 1. The molecule has 0 bridgehead atoms. The first-order valence-corrected chi connectivity index (χ1v) is 23.0. The first-order valence-electron chi connectivity index (χ1n) is 22.4. The van der Waals surface area contributed by atoms with Gasteiger partial charge in [0.15, 0.2) is 0 Å². The van der Waals surface area contributed by atoms with Crippen LogP contribution in [-0.4, -0.2) is 130 Å². The van der Waals surface area contributed by atoms with E-state index in [1.54, 1.807) is 26.0 Å². The zero-order valence-corrected chi connectivity index (χ0v) is 39.5. The van der Waals surface area contributed by atoms with E-state index in [2.05, 4.69) is 49.8 Å². The van der Waals surface area contributed by atoms with Gasteiger partial charge < -0.3 is 69.7 Å². The molecular formula is C45H70N10O11S. The number of aromatic hydroxyl groups is 2. The number of hydrogen-bond acceptors (Lipinski definition) is 14. The van der Waals surface area contributed by atoms with Crippen LogP contribution in [-0.2, 0) is 51.2 Å². The van der Waals surface area contributed by atoms with E-state index < -0.39 is 95.7 Å². The molecule has 16 N–H and O–H groups in total. The van der Waals surface area contributed by atoms with E-state index in [0.29, 0.717) is 43.4 Å². The summed E-state index contributed by atoms with van der Waals surface area (Å²) in [6.45, 7) is 6.94. The highest BCUT2D eigenvalue weighted by Crippen LogP contribution is 2.14. The number of rotatable bonds is 30. The number of hydrogen-bond donors (Lipinski definition) is 14. The number of aliphatic carboxylic acids is 1. The minimum absolute atomic E-state index is 0.00917. The highest BCUT2D eigenvalue weighted by Gasteiger charge is 2.33. The summed E-state index contributed by atoms with van der Waals surface area (Å²) < 4.78 is 0. The van der Waals surface area contributed by atoms with Crippen molar-refractivity contribution in [3.63, 3.8) is 0 Å². The Morgan fingerprint density at radius 2 is 0.851 bits per heavy atom. The van der Waals surface area contributed by atoms with Crippen molar-refractivity contribution >= 4 is 59.9 Å². The van der Waals surface area contributed by atoms with Gasteiger partial charge in [-0.15, -0.1) is 0 Å². The Balaban J connectivity index is 2.32. The molecule has 0 radical (unpaired) electrons. The monoisotopic (exact) mass is 958 g/mol. The van der Waals surface area contributed by atoms with Gasteiger partial charge in [0, 0.05) is 18.6 Å². The average molecular weight is 959 g/mol. The maximum absolute atomic E-state index is 14.1. The smallest absolute Gasteiger partial charge is 0.326 e. The van der Waals surface area contributed by atoms with Gasteiger partial charge >= 0.3 is 5.97 Å². The Kier molecular flexibility index (Phi) is 25.3. The molecule has 2 aromatic rings. The molecule has 0 aromatic heterocycles. The predicted molar refractivity (Wildman–Crippen MR) is 253 cm³/mol. The molecule has 0 spiro atoms. The molecule has 0 saturated carbocycles. The number of carboxylic acids is 1. The molecule has 22 heteroatoms. The summed E-state index contributed by atoms with van der Waals surface area (Å²) in [5.74, 6) is -6.66. The van der Waals surface area contributed by atoms with Crippen LogP contribution in [0.4, 0.5) is 0 Å². The Morgan fingerprint density at radius 3 is 1.19 bits per heavy atom. The van der Waals surface area contributed by atoms with E-state index in [9.17, 15) is 53.7 Å². The van der Waals surface area contributed by atoms with Crippen LogP contribution >= 0.6 is 12.6 Å². The lowest BCUT2D eigenvalue weighted by atomic mass is 10.0. The van der Waals surface area contributed by atoms with Crippen molar-refractivity contribution in [1.82, 2.24) is 37.2 Å². The summed E-state index contributed by atoms with van der Waals surface area (Å²) >= 11 is 4.05. The fourth-order valence-electron chi connectivity index (χ4n) is 6.63. The minimum atomic E-state index is -1.36. The van der Waals surface area contributed by atoms with Crippen LogP contribution in [0.25, 0.3) is 0 Å². The molecule has 2 rings (SSSR count). The van der Waals surface area contributed by atoms with Crippen LogP contribution in [0, 0.1) is 5.92 Å². The van der Waals surface area contributed by atoms with Crippen molar-refractivity contribution in [2.24, 2.45) is 23.1 Å². The van der Waals surface area contributed by atoms with Crippen LogP contribution in [0.5, 0.6) is 11.5 Å². The van der Waals surface area contributed by atoms with Gasteiger partial charge in [0.25, 0.3) is 0 Å². The number of amides is 7. The zero-order chi connectivity index (χ0) is 50.2. The van der Waals surface area contributed by atoms with E-state index in [-0.39, 0.29) is 61.8 Å². The molecule has 0 aliphatic rings. The first kappa shape index (κ1) is 57.2. The topological polar surface area (TPSA) is 360 Å². The Labute approximate surface area is 396 Å². The van der Waals surface area contributed by atoms with Crippen LogP contribution in [0.15, 0.2) is 48.5 Å². The van der Waals surface area contributed by atoms with Gasteiger partial charge in [0.05, 0.1) is 6.04 Å². The molecular weight excluding hydrogens is 889 g/mol. The minimum Gasteiger partial charge on any atom is -0.508 e. The lowest BCUT2D eigenvalue weighted by Gasteiger charge is -2.27. The van der Waals surface area contributed by atoms with E-state index in [1.807, 2.05) is 0 Å². The highest BCUT2D eigenvalue weighted by molar-refractivity contribution is 7.80. The maximum atomic E-state index is 14.1. The summed E-state index contributed by atoms with van der Waals surface area (Å²) in [4.78, 5) is 107. The number of unbranched alkanes of at least 4 members (excludes halogenated alkanes) is 2. The molecule has 8 atom stereocenters. The van der Waals surface area contributed by atoms with Crippen LogP contribution in [0.2, 0.25) is 0 Å². The van der Waals surface area contributed by atoms with Crippen molar-refractivity contribution in [3.05, 3.63) is 59.7 Å². The Hall–Kier alpha value is -5.97. The lowest BCUT2D eigenvalue weighted by Crippen LogP contribution is -2.60. The van der Waals surface area contributed by atoms with Crippen LogP contribution < -0.4 is 54.4 Å². The molecule has 67 heavy (non-hydrogen) atoms. The van der Waals surface area contributed by atoms with Gasteiger partial charge in [-0.05, 0) is 113 Å². The normalized spacial score (nSPS) is 14.7. The summed E-state index contributed by atoms with van der Waals surface area (Å²) in [7, 11) is 0. The van der Waals surface area contributed by atoms with E-state index in [0.717, 1.165) is 0 Å². The second-order valence-electron chi connectivity index (χ2n) is 16.8. The lowest BCUT2D eigenvalue weighted by molar-refractivity contribution is -0.143. The second kappa shape index (κ2) is 29.6. The molecule has 0 aliphatic carbocycles. The third-order valence-corrected chi connectivity index (χ3v) is 10.9. The maximum Gasteiger partial charge on any atom is 0.326 e. The van der Waals surface area contributed by atoms with Gasteiger partial charge in [-0.2, -0.15) is 12.6 Å². The molecule has 7 amide bonds. The van der Waals surface area contributed by atoms with Gasteiger partial charge in [-0.25, -0.2) is 4.79 Å². The molecule has 21 nitrogen and oxygen atoms in total. The standard InChI is InChI=1S/C45H70N10O11S/c1-25(2)21-37(45(65)66)55-42(62)34(10-6-8-20-47)52-39(59)27(4)50-44(64)36(23-29-13-17-31(57)18-14-29)54-41(61)33(9-5-7-19-46)51-38(58)26(3)49-43(63)35(53-40(60)32(48)24-67)22-28-11-15-30(56)16-12-28/h11-18,25-27,32-37,56-57,67H,5-10,19-24,46-48H2,1-4H3,(H,49,63)(H,50,64)(H,51,58)(H,52,59)(H,53,60)(H,54,61)(H,55,62)(H,65,66)/t26-,27-,32-,33-,34-,35-,36-,37-/m0/s1. The number of carboxylic acid groups (broad SMARTS) is 1. The number of phenols is 2. The predicted octanol–water partition coefficient (Wildman–Crippen LogP) is -1.04. The second-order valence-corrected chi connectivity index (χ2v) is 17.2. The SMILES string of the molecule is CC(C)C[C@H](NC(=O)[C@H](CCCCN)NC(=O)[C@H](C)NC(=O)[C@H](Cc1ccc(O)cc1)NC(=O)[C@H](CCCCN)NC(=O)[C@H](C)NC(=O)[C@H](Cc1ccc(O)cc1)NC(=O)[C@@H](N)CS)C(=O)O. The molecule has 0 fully saturated rings. The number of nitrogens with two attached hydrogens (primary N) is 3. The molecule has 0 saturated heterocycles. The zero-order valence-electron chi connectivity index (χ0n) is 38.6. The first-order chi connectivity index (χ1) is 31.7. The molecule has 0 unspecified atom stereocenters. The number of phenolic OH excluding ortho intramolecular Hbond substituents is 2. The third kappa shape index (κ3) is 21.0. The van der Waals surface area contributed by atoms with Crippen molar-refractivity contribution in [3.8, 4) is 11.5 Å². The van der Waals surface area contributed by atoms with Crippen molar-refractivity contribution in [2.45, 2.75) is 134 Å². The van der Waals surface area contributed by atoms with Gasteiger partial charge in [-0.1, -0.05) is 38.1 Å². The van der Waals surface area contributed by atoms with Gasteiger partial charge in [0.1, 0.15) is 53.8 Å². The number of carbonyl (C=O) groups excluding carboxylic acids is 7. The fraction of sp³-hybridized carbons (Fsp3) is 0.556. The van der Waals surface area contributed by atoms with Crippen molar-refractivity contribution < 1.29 is 53.7 Å². The van der Waals surface area contributed by atoms with E-state index >= 15 is 0 Å². The van der Waals surface area contributed by atoms with Crippen molar-refractivity contribution in [2.75, 3.05) is 18.8 Å². The van der Waals surface area contributed by atoms with Gasteiger partial charge in [-0.3, -0.25) is 33.6 Å². The van der Waals surface area contributed by atoms with E-state index in [4.69, 9.17) is 17.2 Å². The molecule has 372 valence electrons. The largest absolute Gasteiger partial charge is 0.508 e. The Morgan fingerprint density at radius 1 is 0.507 bits per heavy atom. The third-order valence-electron chi connectivity index (χ3n) is 10.5. The van der Waals surface area contributed by atoms with Gasteiger partial charge in [0.2, 0.25) is 41.4 Å². The van der Waals surface area contributed by atoms with E-state index in [1.165, 1.54) is 50.2 Å².